The van der Waals surface area contributed by atoms with E-state index < -0.39 is 10.0 Å². The average Bonchev–Trinajstić information content (AvgIpc) is 2.83. The lowest BCUT2D eigenvalue weighted by molar-refractivity contribution is -0.122. The highest BCUT2D eigenvalue weighted by Gasteiger charge is 2.29. The molecule has 3 aromatic rings. The first-order valence-electron chi connectivity index (χ1n) is 10.6. The van der Waals surface area contributed by atoms with Gasteiger partial charge in [0.2, 0.25) is 10.0 Å². The van der Waals surface area contributed by atoms with Crippen molar-refractivity contribution in [3.05, 3.63) is 76.8 Å². The number of nitrogens with one attached hydrogen (secondary N) is 1. The summed E-state index contributed by atoms with van der Waals surface area (Å²) in [6.07, 6.45) is 0. The van der Waals surface area contributed by atoms with E-state index in [2.05, 4.69) is 26.5 Å². The van der Waals surface area contributed by atoms with Gasteiger partial charge >= 0.3 is 0 Å². The number of carbonyl (C=O) groups is 1. The van der Waals surface area contributed by atoms with Crippen molar-refractivity contribution in [2.24, 2.45) is 5.10 Å². The quantitative estimate of drug-likeness (QED) is 0.392. The third-order valence-corrected chi connectivity index (χ3v) is 8.12. The van der Waals surface area contributed by atoms with Crippen LogP contribution in [0, 0.1) is 0 Å². The van der Waals surface area contributed by atoms with Gasteiger partial charge in [0, 0.05) is 36.2 Å². The smallest absolute Gasteiger partial charge is 0.254 e. The molecule has 0 aliphatic carbocycles. The highest BCUT2D eigenvalue weighted by Crippen LogP contribution is 2.21. The first-order valence-corrected chi connectivity index (χ1v) is 12.9. The van der Waals surface area contributed by atoms with E-state index in [-0.39, 0.29) is 17.3 Å². The zero-order valence-corrected chi connectivity index (χ0v) is 20.6. The molecule has 1 amide bonds. The Morgan fingerprint density at radius 2 is 1.64 bits per heavy atom. The van der Waals surface area contributed by atoms with Crippen LogP contribution < -0.4 is 5.43 Å². The van der Waals surface area contributed by atoms with Crippen molar-refractivity contribution in [1.82, 2.24) is 14.6 Å². The summed E-state index contributed by atoms with van der Waals surface area (Å²) >= 11 is 3.32. The van der Waals surface area contributed by atoms with Crippen molar-refractivity contribution >= 4 is 48.3 Å². The lowest BCUT2D eigenvalue weighted by Gasteiger charge is -2.33. The minimum Gasteiger partial charge on any atom is -0.292 e. The van der Waals surface area contributed by atoms with Crippen molar-refractivity contribution in [1.29, 1.82) is 0 Å². The van der Waals surface area contributed by atoms with Crippen LogP contribution in [0.1, 0.15) is 12.5 Å². The molecule has 0 radical (unpaired) electrons. The maximum Gasteiger partial charge on any atom is 0.254 e. The number of hydrogen-bond donors (Lipinski definition) is 1. The summed E-state index contributed by atoms with van der Waals surface area (Å²) in [4.78, 5) is 14.7. The predicted octanol–water partition coefficient (Wildman–Crippen LogP) is 3.45. The molecular formula is C24H25BrN4O3S. The molecule has 0 bridgehead atoms. The van der Waals surface area contributed by atoms with E-state index in [1.165, 1.54) is 4.31 Å². The van der Waals surface area contributed by atoms with E-state index in [4.69, 9.17) is 0 Å². The molecule has 33 heavy (non-hydrogen) atoms. The van der Waals surface area contributed by atoms with Gasteiger partial charge in [-0.2, -0.15) is 9.41 Å². The summed E-state index contributed by atoms with van der Waals surface area (Å²) in [6, 6.07) is 20.7. The molecule has 3 aromatic carbocycles. The van der Waals surface area contributed by atoms with Crippen molar-refractivity contribution in [2.75, 3.05) is 32.7 Å². The van der Waals surface area contributed by atoms with Gasteiger partial charge in [0.25, 0.3) is 5.91 Å². The van der Waals surface area contributed by atoms with Gasteiger partial charge in [-0.1, -0.05) is 58.4 Å². The Morgan fingerprint density at radius 3 is 2.36 bits per heavy atom. The summed E-state index contributed by atoms with van der Waals surface area (Å²) in [7, 11) is -3.54. The Morgan fingerprint density at radius 1 is 0.970 bits per heavy atom. The van der Waals surface area contributed by atoms with Crippen LogP contribution in [-0.2, 0) is 14.8 Å². The number of hydrazone groups is 1. The molecule has 0 atom stereocenters. The molecule has 1 heterocycles. The summed E-state index contributed by atoms with van der Waals surface area (Å²) in [5.41, 5.74) is 4.34. The van der Waals surface area contributed by atoms with Gasteiger partial charge in [-0.15, -0.1) is 0 Å². The molecule has 4 rings (SSSR count). The standard InChI is InChI=1S/C24H25BrN4O3S/c1-18(22-8-4-6-19-5-2-3-7-23(19)22)26-27-24(30)17-28-13-15-29(16-14-28)33(31,32)21-11-9-20(25)10-12-21/h2-12H,13-17H2,1H3,(H,27,30)/b26-18-. The summed E-state index contributed by atoms with van der Waals surface area (Å²) < 4.78 is 28.0. The number of fused-ring (bicyclic) bond motifs is 1. The lowest BCUT2D eigenvalue weighted by atomic mass is 10.0. The minimum absolute atomic E-state index is 0.165. The van der Waals surface area contributed by atoms with Crippen LogP contribution in [0.15, 0.2) is 81.2 Å². The Bertz CT molecular complexity index is 1280. The second kappa shape index (κ2) is 10.1. The zero-order chi connectivity index (χ0) is 23.4. The SMILES string of the molecule is C/C(=N/NC(=O)CN1CCN(S(=O)(=O)c2ccc(Br)cc2)CC1)c1cccc2ccccc12. The maximum absolute atomic E-state index is 12.8. The number of carbonyl (C=O) groups excluding carboxylic acids is 1. The van der Waals surface area contributed by atoms with E-state index in [0.29, 0.717) is 26.2 Å². The van der Waals surface area contributed by atoms with Crippen molar-refractivity contribution in [3.8, 4) is 0 Å². The molecule has 0 saturated carbocycles. The molecule has 1 saturated heterocycles. The number of piperazine rings is 1. The second-order valence-electron chi connectivity index (χ2n) is 7.89. The van der Waals surface area contributed by atoms with Crippen LogP contribution in [0.25, 0.3) is 10.8 Å². The number of sulfonamides is 1. The summed E-state index contributed by atoms with van der Waals surface area (Å²) in [5.74, 6) is -0.223. The highest BCUT2D eigenvalue weighted by atomic mass is 79.9. The molecule has 172 valence electrons. The van der Waals surface area contributed by atoms with Crippen LogP contribution in [0.4, 0.5) is 0 Å². The van der Waals surface area contributed by atoms with Gasteiger partial charge in [-0.3, -0.25) is 9.69 Å². The number of amides is 1. The molecule has 0 aromatic heterocycles. The first kappa shape index (κ1) is 23.6. The monoisotopic (exact) mass is 528 g/mol. The lowest BCUT2D eigenvalue weighted by Crippen LogP contribution is -2.50. The Kier molecular flexibility index (Phi) is 7.23. The fraction of sp³-hybridized carbons (Fsp3) is 0.250. The van der Waals surface area contributed by atoms with E-state index in [1.807, 2.05) is 54.3 Å². The van der Waals surface area contributed by atoms with Gasteiger partial charge in [0.05, 0.1) is 17.2 Å². The second-order valence-corrected chi connectivity index (χ2v) is 10.7. The first-order chi connectivity index (χ1) is 15.8. The predicted molar refractivity (Wildman–Crippen MR) is 134 cm³/mol. The van der Waals surface area contributed by atoms with Crippen LogP contribution in [0.3, 0.4) is 0 Å². The van der Waals surface area contributed by atoms with Crippen LogP contribution in [-0.4, -0.2) is 62.0 Å². The number of rotatable bonds is 6. The van der Waals surface area contributed by atoms with E-state index in [0.717, 1.165) is 26.5 Å². The maximum atomic E-state index is 12.8. The van der Waals surface area contributed by atoms with E-state index in [1.54, 1.807) is 24.3 Å². The van der Waals surface area contributed by atoms with Gasteiger partial charge in [-0.25, -0.2) is 13.8 Å². The number of nitrogens with zero attached hydrogens (tertiary/aromatic N) is 3. The normalized spacial score (nSPS) is 16.1. The van der Waals surface area contributed by atoms with Crippen molar-refractivity contribution in [3.63, 3.8) is 0 Å². The summed E-state index contributed by atoms with van der Waals surface area (Å²) in [5, 5.41) is 6.49. The van der Waals surface area contributed by atoms with Gasteiger partial charge in [-0.05, 0) is 42.0 Å². The van der Waals surface area contributed by atoms with Crippen LogP contribution >= 0.6 is 15.9 Å². The van der Waals surface area contributed by atoms with E-state index >= 15 is 0 Å². The largest absolute Gasteiger partial charge is 0.292 e. The molecule has 7 nitrogen and oxygen atoms in total. The van der Waals surface area contributed by atoms with Gasteiger partial charge < -0.3 is 0 Å². The molecule has 1 aliphatic rings. The number of benzene rings is 3. The number of halogens is 1. The van der Waals surface area contributed by atoms with Crippen molar-refractivity contribution in [2.45, 2.75) is 11.8 Å². The van der Waals surface area contributed by atoms with Crippen molar-refractivity contribution < 1.29 is 13.2 Å². The average molecular weight is 529 g/mol. The molecule has 1 N–H and O–H groups in total. The Labute approximate surface area is 202 Å². The molecular weight excluding hydrogens is 504 g/mol. The third kappa shape index (κ3) is 5.50. The molecule has 0 spiro atoms. The third-order valence-electron chi connectivity index (χ3n) is 5.68. The Balaban J connectivity index is 1.32. The highest BCUT2D eigenvalue weighted by molar-refractivity contribution is 9.10. The molecule has 9 heteroatoms. The fourth-order valence-electron chi connectivity index (χ4n) is 3.87. The van der Waals surface area contributed by atoms with Gasteiger partial charge in [0.1, 0.15) is 0 Å². The van der Waals surface area contributed by atoms with Crippen LogP contribution in [0.5, 0.6) is 0 Å². The molecule has 0 unspecified atom stereocenters. The van der Waals surface area contributed by atoms with E-state index in [9.17, 15) is 13.2 Å². The minimum atomic E-state index is -3.54. The molecule has 1 fully saturated rings. The van der Waals surface area contributed by atoms with Gasteiger partial charge in [0.15, 0.2) is 0 Å². The molecule has 1 aliphatic heterocycles. The Hall–Kier alpha value is -2.59. The van der Waals surface area contributed by atoms with Crippen LogP contribution in [0.2, 0.25) is 0 Å². The fourth-order valence-corrected chi connectivity index (χ4v) is 5.56. The topological polar surface area (TPSA) is 82.1 Å². The summed E-state index contributed by atoms with van der Waals surface area (Å²) in [6.45, 7) is 3.67. The zero-order valence-electron chi connectivity index (χ0n) is 18.2. The number of hydrogen-bond acceptors (Lipinski definition) is 5.